The van der Waals surface area contributed by atoms with E-state index in [4.69, 9.17) is 0 Å². The largest absolute Gasteiger partial charge is 0.300 e. The van der Waals surface area contributed by atoms with Crippen LogP contribution in [0.2, 0.25) is 0 Å². The first kappa shape index (κ1) is 15.3. The average molecular weight is 420 g/mol. The van der Waals surface area contributed by atoms with E-state index in [1.165, 1.54) is 11.8 Å². The topological polar surface area (TPSA) is 41.5 Å². The van der Waals surface area contributed by atoms with E-state index in [9.17, 15) is 4.79 Å². The van der Waals surface area contributed by atoms with Crippen LogP contribution in [0.15, 0.2) is 58.4 Å². The molecule has 1 fully saturated rings. The SMILES string of the molecule is Cc1ccccc1N=C1NC(=O)/C(=C/c2ccccc2I)S1. The minimum absolute atomic E-state index is 0.100. The van der Waals surface area contributed by atoms with E-state index >= 15 is 0 Å². The number of carbonyl (C=O) groups excluding carboxylic acids is 1. The quantitative estimate of drug-likeness (QED) is 0.575. The van der Waals surface area contributed by atoms with Crippen molar-refractivity contribution < 1.29 is 4.79 Å². The van der Waals surface area contributed by atoms with Gasteiger partial charge in [0.15, 0.2) is 5.17 Å². The number of amides is 1. The molecule has 1 amide bonds. The molecule has 2 aromatic carbocycles. The van der Waals surface area contributed by atoms with E-state index in [2.05, 4.69) is 32.9 Å². The predicted molar refractivity (Wildman–Crippen MR) is 101 cm³/mol. The summed E-state index contributed by atoms with van der Waals surface area (Å²) in [4.78, 5) is 17.3. The smallest absolute Gasteiger partial charge is 0.264 e. The average Bonchev–Trinajstić information content (AvgIpc) is 2.84. The van der Waals surface area contributed by atoms with Crippen molar-refractivity contribution in [2.24, 2.45) is 4.99 Å². The summed E-state index contributed by atoms with van der Waals surface area (Å²) in [7, 11) is 0. The van der Waals surface area contributed by atoms with Gasteiger partial charge in [0.05, 0.1) is 10.6 Å². The molecule has 0 bridgehead atoms. The molecule has 0 aromatic heterocycles. The maximum Gasteiger partial charge on any atom is 0.264 e. The number of thioether (sulfide) groups is 1. The summed E-state index contributed by atoms with van der Waals surface area (Å²) < 4.78 is 1.12. The highest BCUT2D eigenvalue weighted by Gasteiger charge is 2.24. The summed E-state index contributed by atoms with van der Waals surface area (Å²) in [5, 5.41) is 3.44. The Morgan fingerprint density at radius 1 is 1.14 bits per heavy atom. The number of nitrogens with zero attached hydrogens (tertiary/aromatic N) is 1. The molecule has 1 heterocycles. The third-order valence-corrected chi connectivity index (χ3v) is 5.07. The van der Waals surface area contributed by atoms with Crippen LogP contribution in [0.25, 0.3) is 6.08 Å². The molecule has 0 spiro atoms. The van der Waals surface area contributed by atoms with Crippen molar-refractivity contribution >= 4 is 57.2 Å². The van der Waals surface area contributed by atoms with Crippen LogP contribution in [0.4, 0.5) is 5.69 Å². The Labute approximate surface area is 147 Å². The molecule has 0 radical (unpaired) electrons. The van der Waals surface area contributed by atoms with Gasteiger partial charge in [0.25, 0.3) is 5.91 Å². The number of nitrogens with one attached hydrogen (secondary N) is 1. The number of hydrogen-bond acceptors (Lipinski definition) is 3. The monoisotopic (exact) mass is 420 g/mol. The molecule has 5 heteroatoms. The lowest BCUT2D eigenvalue weighted by Crippen LogP contribution is -2.19. The highest BCUT2D eigenvalue weighted by atomic mass is 127. The molecule has 1 N–H and O–H groups in total. The van der Waals surface area contributed by atoms with E-state index in [1.54, 1.807) is 0 Å². The Bertz CT molecular complexity index is 799. The molecule has 22 heavy (non-hydrogen) atoms. The molecule has 0 atom stereocenters. The highest BCUT2D eigenvalue weighted by Crippen LogP contribution is 2.29. The van der Waals surface area contributed by atoms with Gasteiger partial charge in [-0.3, -0.25) is 4.79 Å². The zero-order valence-corrected chi connectivity index (χ0v) is 14.8. The van der Waals surface area contributed by atoms with Gasteiger partial charge in [0.1, 0.15) is 0 Å². The molecular weight excluding hydrogens is 407 g/mol. The molecule has 0 unspecified atom stereocenters. The Morgan fingerprint density at radius 3 is 2.64 bits per heavy atom. The molecular formula is C17H13IN2OS. The van der Waals surface area contributed by atoms with Gasteiger partial charge >= 0.3 is 0 Å². The summed E-state index contributed by atoms with van der Waals surface area (Å²) in [6, 6.07) is 15.8. The normalized spacial score (nSPS) is 18.0. The molecule has 3 rings (SSSR count). The van der Waals surface area contributed by atoms with Crippen molar-refractivity contribution in [3.8, 4) is 0 Å². The van der Waals surface area contributed by atoms with Gasteiger partial charge in [-0.05, 0) is 70.6 Å². The molecule has 3 nitrogen and oxygen atoms in total. The van der Waals surface area contributed by atoms with Crippen molar-refractivity contribution in [2.45, 2.75) is 6.92 Å². The van der Waals surface area contributed by atoms with Crippen molar-refractivity contribution in [3.05, 3.63) is 68.1 Å². The lowest BCUT2D eigenvalue weighted by atomic mass is 10.2. The summed E-state index contributed by atoms with van der Waals surface area (Å²) in [5.41, 5.74) is 3.00. The number of rotatable bonds is 2. The Kier molecular flexibility index (Phi) is 4.63. The predicted octanol–water partition coefficient (Wildman–Crippen LogP) is 4.49. The maximum absolute atomic E-state index is 12.1. The lowest BCUT2D eigenvalue weighted by molar-refractivity contribution is -0.115. The van der Waals surface area contributed by atoms with Crippen molar-refractivity contribution in [1.82, 2.24) is 5.32 Å². The number of benzene rings is 2. The zero-order chi connectivity index (χ0) is 15.5. The first-order valence-corrected chi connectivity index (χ1v) is 8.63. The van der Waals surface area contributed by atoms with Gasteiger partial charge in [0.2, 0.25) is 0 Å². The van der Waals surface area contributed by atoms with E-state index in [-0.39, 0.29) is 5.91 Å². The summed E-state index contributed by atoms with van der Waals surface area (Å²) in [6.07, 6.45) is 1.90. The van der Waals surface area contributed by atoms with Gasteiger partial charge in [-0.25, -0.2) is 4.99 Å². The maximum atomic E-state index is 12.1. The standard InChI is InChI=1S/C17H13IN2OS/c1-11-6-2-5-9-14(11)19-17-20-16(21)15(22-17)10-12-7-3-4-8-13(12)18/h2-10H,1H3,(H,19,20,21)/b15-10-. The number of hydrogen-bond donors (Lipinski definition) is 1. The van der Waals surface area contributed by atoms with Crippen LogP contribution in [0, 0.1) is 10.5 Å². The minimum atomic E-state index is -0.100. The van der Waals surface area contributed by atoms with Crippen LogP contribution >= 0.6 is 34.4 Å². The minimum Gasteiger partial charge on any atom is -0.300 e. The van der Waals surface area contributed by atoms with Gasteiger partial charge in [-0.1, -0.05) is 36.4 Å². The molecule has 1 saturated heterocycles. The van der Waals surface area contributed by atoms with Crippen molar-refractivity contribution in [1.29, 1.82) is 0 Å². The Hall–Kier alpha value is -1.60. The van der Waals surface area contributed by atoms with E-state index in [0.29, 0.717) is 10.1 Å². The second-order valence-electron chi connectivity index (χ2n) is 4.79. The summed E-state index contributed by atoms with van der Waals surface area (Å²) >= 11 is 3.64. The van der Waals surface area contributed by atoms with Crippen molar-refractivity contribution in [2.75, 3.05) is 0 Å². The first-order chi connectivity index (χ1) is 10.6. The van der Waals surface area contributed by atoms with Crippen molar-refractivity contribution in [3.63, 3.8) is 0 Å². The van der Waals surface area contributed by atoms with Gasteiger partial charge in [-0.2, -0.15) is 0 Å². The van der Waals surface area contributed by atoms with Gasteiger partial charge in [0, 0.05) is 3.57 Å². The highest BCUT2D eigenvalue weighted by molar-refractivity contribution is 14.1. The number of aliphatic imine (C=N–C) groups is 1. The van der Waals surface area contributed by atoms with E-state index in [0.717, 1.165) is 20.4 Å². The number of para-hydroxylation sites is 1. The van der Waals surface area contributed by atoms with E-state index < -0.39 is 0 Å². The molecule has 1 aliphatic heterocycles. The molecule has 110 valence electrons. The van der Waals surface area contributed by atoms with Crippen LogP contribution in [0.3, 0.4) is 0 Å². The van der Waals surface area contributed by atoms with Crippen LogP contribution < -0.4 is 5.32 Å². The Morgan fingerprint density at radius 2 is 1.86 bits per heavy atom. The van der Waals surface area contributed by atoms with E-state index in [1.807, 2.05) is 61.5 Å². The zero-order valence-electron chi connectivity index (χ0n) is 11.8. The van der Waals surface area contributed by atoms with Crippen LogP contribution in [-0.4, -0.2) is 11.1 Å². The summed E-state index contributed by atoms with van der Waals surface area (Å²) in [6.45, 7) is 2.00. The fourth-order valence-corrected chi connectivity index (χ4v) is 3.38. The number of aryl methyl sites for hydroxylation is 1. The third kappa shape index (κ3) is 3.41. The lowest BCUT2D eigenvalue weighted by Gasteiger charge is -2.00. The molecule has 1 aliphatic rings. The van der Waals surface area contributed by atoms with Gasteiger partial charge in [-0.15, -0.1) is 0 Å². The van der Waals surface area contributed by atoms with Crippen LogP contribution in [0.1, 0.15) is 11.1 Å². The Balaban J connectivity index is 1.88. The molecule has 0 saturated carbocycles. The first-order valence-electron chi connectivity index (χ1n) is 6.73. The third-order valence-electron chi connectivity index (χ3n) is 3.18. The molecule has 2 aromatic rings. The van der Waals surface area contributed by atoms with Crippen LogP contribution in [-0.2, 0) is 4.79 Å². The van der Waals surface area contributed by atoms with Crippen LogP contribution in [0.5, 0.6) is 0 Å². The fraction of sp³-hybridized carbons (Fsp3) is 0.0588. The number of carbonyl (C=O) groups is 1. The van der Waals surface area contributed by atoms with Gasteiger partial charge < -0.3 is 5.32 Å². The summed E-state index contributed by atoms with van der Waals surface area (Å²) in [5.74, 6) is -0.100. The fourth-order valence-electron chi connectivity index (χ4n) is 2.01. The second kappa shape index (κ2) is 6.66. The number of amidine groups is 1. The second-order valence-corrected chi connectivity index (χ2v) is 6.98. The number of halogens is 1. The molecule has 0 aliphatic carbocycles.